The van der Waals surface area contributed by atoms with Crippen LogP contribution in [0.1, 0.15) is 335 Å². The molecule has 1 N–H and O–H groups in total. The molecule has 0 fully saturated rings. The second kappa shape index (κ2) is 59.4. The minimum Gasteiger partial charge on any atom is -0.462 e. The SMILES string of the molecule is CCCCCC/C=C\CCCCCCCC(=O)OCC(CO)OC(=O)CCCCCCCCCCCCCCCCCCCCCCCCCCCCCCC/C=C\C/C=C\CCCCCCC. The molecule has 400 valence electrons. The van der Waals surface area contributed by atoms with E-state index < -0.39 is 6.10 Å². The molecule has 68 heavy (non-hydrogen) atoms. The molecule has 0 aromatic rings. The lowest BCUT2D eigenvalue weighted by Gasteiger charge is -2.15. The van der Waals surface area contributed by atoms with E-state index in [0.29, 0.717) is 12.8 Å². The molecular formula is C63H118O5. The van der Waals surface area contributed by atoms with E-state index in [9.17, 15) is 14.7 Å². The van der Waals surface area contributed by atoms with Crippen molar-refractivity contribution in [3.8, 4) is 0 Å². The van der Waals surface area contributed by atoms with Gasteiger partial charge in [0, 0.05) is 12.8 Å². The first-order chi connectivity index (χ1) is 33.6. The van der Waals surface area contributed by atoms with Crippen LogP contribution in [0.4, 0.5) is 0 Å². The second-order valence-electron chi connectivity index (χ2n) is 20.8. The highest BCUT2D eigenvalue weighted by molar-refractivity contribution is 5.70. The molecule has 5 nitrogen and oxygen atoms in total. The van der Waals surface area contributed by atoms with Gasteiger partial charge in [-0.15, -0.1) is 0 Å². The molecule has 5 heteroatoms. The summed E-state index contributed by atoms with van der Waals surface area (Å²) in [6, 6.07) is 0. The summed E-state index contributed by atoms with van der Waals surface area (Å²) in [5.41, 5.74) is 0. The Morgan fingerprint density at radius 3 is 0.897 bits per heavy atom. The van der Waals surface area contributed by atoms with Crippen molar-refractivity contribution >= 4 is 11.9 Å². The van der Waals surface area contributed by atoms with Gasteiger partial charge in [0.1, 0.15) is 6.61 Å². The van der Waals surface area contributed by atoms with Gasteiger partial charge in [-0.2, -0.15) is 0 Å². The fraction of sp³-hybridized carbons (Fsp3) is 0.873. The number of aliphatic hydroxyl groups excluding tert-OH is 1. The van der Waals surface area contributed by atoms with Gasteiger partial charge < -0.3 is 14.6 Å². The van der Waals surface area contributed by atoms with Crippen LogP contribution in [0.3, 0.4) is 0 Å². The van der Waals surface area contributed by atoms with Gasteiger partial charge in [-0.25, -0.2) is 0 Å². The van der Waals surface area contributed by atoms with Crippen molar-refractivity contribution in [1.82, 2.24) is 0 Å². The van der Waals surface area contributed by atoms with Gasteiger partial charge in [0.25, 0.3) is 0 Å². The maximum Gasteiger partial charge on any atom is 0.306 e. The lowest BCUT2D eigenvalue weighted by atomic mass is 10.0. The molecule has 0 radical (unpaired) electrons. The summed E-state index contributed by atoms with van der Waals surface area (Å²) in [7, 11) is 0. The van der Waals surface area contributed by atoms with Crippen molar-refractivity contribution in [2.45, 2.75) is 341 Å². The monoisotopic (exact) mass is 955 g/mol. The van der Waals surface area contributed by atoms with Crippen LogP contribution in [0, 0.1) is 0 Å². The minimum absolute atomic E-state index is 0.0653. The highest BCUT2D eigenvalue weighted by Crippen LogP contribution is 2.18. The van der Waals surface area contributed by atoms with E-state index in [-0.39, 0.29) is 25.2 Å². The van der Waals surface area contributed by atoms with Gasteiger partial charge in [-0.1, -0.05) is 288 Å². The largest absolute Gasteiger partial charge is 0.462 e. The van der Waals surface area contributed by atoms with E-state index in [1.54, 1.807) is 0 Å². The molecule has 0 rings (SSSR count). The Morgan fingerprint density at radius 1 is 0.338 bits per heavy atom. The molecule has 0 aliphatic rings. The number of carbonyl (C=O) groups is 2. The Kier molecular flexibility index (Phi) is 57.8. The highest BCUT2D eigenvalue weighted by Gasteiger charge is 2.16. The van der Waals surface area contributed by atoms with E-state index in [1.807, 2.05) is 0 Å². The fourth-order valence-electron chi connectivity index (χ4n) is 9.29. The van der Waals surface area contributed by atoms with Crippen LogP contribution in [0.25, 0.3) is 0 Å². The van der Waals surface area contributed by atoms with Gasteiger partial charge in [0.05, 0.1) is 6.61 Å². The number of unbranched alkanes of at least 4 members (excludes halogenated alkanes) is 43. The Hall–Kier alpha value is -1.88. The Balaban J connectivity index is 3.34. The quantitative estimate of drug-likeness (QED) is 0.0374. The lowest BCUT2D eigenvalue weighted by molar-refractivity contribution is -0.161. The number of hydrogen-bond acceptors (Lipinski definition) is 5. The zero-order valence-corrected chi connectivity index (χ0v) is 45.9. The summed E-state index contributed by atoms with van der Waals surface area (Å²) in [6.45, 7) is 4.14. The summed E-state index contributed by atoms with van der Waals surface area (Å²) in [6.07, 6.45) is 77.4. The first kappa shape index (κ1) is 66.1. The van der Waals surface area contributed by atoms with Crippen LogP contribution in [-0.4, -0.2) is 36.4 Å². The number of ether oxygens (including phenoxy) is 2. The third-order valence-electron chi connectivity index (χ3n) is 13.9. The third-order valence-corrected chi connectivity index (χ3v) is 13.9. The molecule has 0 saturated heterocycles. The molecule has 0 aliphatic heterocycles. The molecule has 0 spiro atoms. The highest BCUT2D eigenvalue weighted by atomic mass is 16.6. The Labute approximate surface area is 425 Å². The molecule has 0 amide bonds. The normalized spacial score (nSPS) is 12.3. The van der Waals surface area contributed by atoms with Crippen molar-refractivity contribution in [2.75, 3.05) is 13.2 Å². The van der Waals surface area contributed by atoms with Crippen molar-refractivity contribution in [1.29, 1.82) is 0 Å². The number of carbonyl (C=O) groups excluding carboxylic acids is 2. The summed E-state index contributed by atoms with van der Waals surface area (Å²) in [5.74, 6) is -0.585. The number of esters is 2. The van der Waals surface area contributed by atoms with Crippen molar-refractivity contribution in [2.24, 2.45) is 0 Å². The Morgan fingerprint density at radius 2 is 0.588 bits per heavy atom. The van der Waals surface area contributed by atoms with Crippen molar-refractivity contribution in [3.63, 3.8) is 0 Å². The molecule has 0 saturated carbocycles. The summed E-state index contributed by atoms with van der Waals surface area (Å²) >= 11 is 0. The van der Waals surface area contributed by atoms with E-state index in [2.05, 4.69) is 50.3 Å². The maximum atomic E-state index is 12.3. The summed E-state index contributed by atoms with van der Waals surface area (Å²) in [5, 5.41) is 9.62. The predicted molar refractivity (Wildman–Crippen MR) is 298 cm³/mol. The first-order valence-electron chi connectivity index (χ1n) is 30.5. The van der Waals surface area contributed by atoms with Crippen LogP contribution in [0.5, 0.6) is 0 Å². The zero-order chi connectivity index (χ0) is 49.2. The average Bonchev–Trinajstić information content (AvgIpc) is 3.34. The lowest BCUT2D eigenvalue weighted by Crippen LogP contribution is -2.28. The number of allylic oxidation sites excluding steroid dienone is 6. The first-order valence-corrected chi connectivity index (χ1v) is 30.5. The van der Waals surface area contributed by atoms with Crippen LogP contribution in [0.15, 0.2) is 36.5 Å². The smallest absolute Gasteiger partial charge is 0.306 e. The zero-order valence-electron chi connectivity index (χ0n) is 45.9. The molecule has 1 atom stereocenters. The van der Waals surface area contributed by atoms with E-state index in [1.165, 1.54) is 257 Å². The van der Waals surface area contributed by atoms with Crippen molar-refractivity contribution in [3.05, 3.63) is 36.5 Å². The van der Waals surface area contributed by atoms with Crippen LogP contribution in [0.2, 0.25) is 0 Å². The van der Waals surface area contributed by atoms with E-state index >= 15 is 0 Å². The van der Waals surface area contributed by atoms with Gasteiger partial charge in [-0.3, -0.25) is 9.59 Å². The molecular weight excluding hydrogens is 837 g/mol. The van der Waals surface area contributed by atoms with Crippen LogP contribution in [-0.2, 0) is 19.1 Å². The topological polar surface area (TPSA) is 72.8 Å². The van der Waals surface area contributed by atoms with Crippen LogP contribution < -0.4 is 0 Å². The van der Waals surface area contributed by atoms with Gasteiger partial charge in [0.2, 0.25) is 0 Å². The number of hydrogen-bond donors (Lipinski definition) is 1. The maximum absolute atomic E-state index is 12.3. The van der Waals surface area contributed by atoms with Crippen molar-refractivity contribution < 1.29 is 24.2 Å². The molecule has 1 unspecified atom stereocenters. The van der Waals surface area contributed by atoms with Gasteiger partial charge in [-0.05, 0) is 70.6 Å². The molecule has 0 aromatic heterocycles. The molecule has 0 aromatic carbocycles. The number of rotatable bonds is 57. The molecule has 0 bridgehead atoms. The third kappa shape index (κ3) is 56.7. The summed E-state index contributed by atoms with van der Waals surface area (Å²) < 4.78 is 10.7. The standard InChI is InChI=1S/C63H118O5/c1-3-5-7-9-11-13-15-17-18-19-20-21-22-23-24-25-26-27-28-29-30-31-32-33-34-35-36-37-38-39-40-41-42-43-44-46-48-50-52-54-56-58-63(66)68-61(59-64)60-67-62(65)57-55-53-51-49-47-45-16-14-12-10-8-6-4-2/h14-17,19-20,61,64H,3-13,18,21-60H2,1-2H3/b16-14-,17-15-,20-19-. The molecule has 0 heterocycles. The summed E-state index contributed by atoms with van der Waals surface area (Å²) in [4.78, 5) is 24.4. The average molecular weight is 956 g/mol. The Bertz CT molecular complexity index is 1080. The van der Waals surface area contributed by atoms with Crippen LogP contribution >= 0.6 is 0 Å². The predicted octanol–water partition coefficient (Wildman–Crippen LogP) is 20.6. The van der Waals surface area contributed by atoms with E-state index in [0.717, 1.165) is 51.4 Å². The molecule has 0 aliphatic carbocycles. The van der Waals surface area contributed by atoms with Gasteiger partial charge >= 0.3 is 11.9 Å². The number of aliphatic hydroxyl groups is 1. The second-order valence-corrected chi connectivity index (χ2v) is 20.8. The van der Waals surface area contributed by atoms with E-state index in [4.69, 9.17) is 9.47 Å². The fourth-order valence-corrected chi connectivity index (χ4v) is 9.29. The minimum atomic E-state index is -0.771. The van der Waals surface area contributed by atoms with Gasteiger partial charge in [0.15, 0.2) is 6.10 Å².